The number of ether oxygens (including phenoxy) is 1. The summed E-state index contributed by atoms with van der Waals surface area (Å²) in [5.74, 6) is 1.06. The monoisotopic (exact) mass is 436 g/mol. The molecule has 0 aromatic carbocycles. The maximum absolute atomic E-state index is 5.81. The number of hydrogen-bond acceptors (Lipinski definition) is 3. The molecule has 3 aliphatic rings. The average Bonchev–Trinajstić information content (AvgIpc) is 3.07. The molecule has 1 N–H and O–H groups in total. The van der Waals surface area contributed by atoms with Crippen LogP contribution in [-0.2, 0) is 4.74 Å². The third kappa shape index (κ3) is 5.46. The van der Waals surface area contributed by atoms with E-state index in [-0.39, 0.29) is 24.0 Å². The first-order valence-corrected chi connectivity index (χ1v) is 9.18. The summed E-state index contributed by atoms with van der Waals surface area (Å²) in [7, 11) is 1.90. The number of aliphatic imine (C=N–C) groups is 1. The molecule has 0 radical (unpaired) electrons. The van der Waals surface area contributed by atoms with Gasteiger partial charge in [0.25, 0.3) is 0 Å². The number of hydrogen-bond donors (Lipinski definition) is 1. The normalized spacial score (nSPS) is 30.1. The molecule has 0 amide bonds. The van der Waals surface area contributed by atoms with Gasteiger partial charge in [0.15, 0.2) is 5.96 Å². The highest BCUT2D eigenvalue weighted by Gasteiger charge is 2.30. The highest BCUT2D eigenvalue weighted by Crippen LogP contribution is 2.20. The van der Waals surface area contributed by atoms with Crippen LogP contribution in [0.3, 0.4) is 0 Å². The summed E-state index contributed by atoms with van der Waals surface area (Å²) in [6, 6.07) is 0.727. The minimum absolute atomic E-state index is 0. The zero-order valence-electron chi connectivity index (χ0n) is 14.5. The zero-order valence-corrected chi connectivity index (χ0v) is 16.8. The van der Waals surface area contributed by atoms with E-state index >= 15 is 0 Å². The number of likely N-dealkylation sites (tertiary alicyclic amines) is 2. The van der Waals surface area contributed by atoms with Gasteiger partial charge in [-0.3, -0.25) is 9.89 Å². The number of guanidine groups is 1. The second-order valence-corrected chi connectivity index (χ2v) is 6.90. The van der Waals surface area contributed by atoms with Crippen LogP contribution in [0.1, 0.15) is 44.9 Å². The third-order valence-electron chi connectivity index (χ3n) is 5.34. The van der Waals surface area contributed by atoms with Gasteiger partial charge in [0.1, 0.15) is 0 Å². The molecular weight excluding hydrogens is 403 g/mol. The van der Waals surface area contributed by atoms with Crippen molar-refractivity contribution < 1.29 is 4.74 Å². The maximum atomic E-state index is 5.81. The standard InChI is InChI=1S/C17H32N4O.HI/c1-18-17(19-13-16-7-3-6-12-22-16)21-11-8-15(14-21)20-9-4-2-5-10-20;/h15-16H,2-14H2,1H3,(H,18,19);1H. The summed E-state index contributed by atoms with van der Waals surface area (Å²) >= 11 is 0. The molecule has 3 rings (SSSR count). The van der Waals surface area contributed by atoms with Crippen LogP contribution in [0.5, 0.6) is 0 Å². The molecule has 2 unspecified atom stereocenters. The van der Waals surface area contributed by atoms with Crippen LogP contribution in [0.4, 0.5) is 0 Å². The van der Waals surface area contributed by atoms with Crippen LogP contribution in [0.15, 0.2) is 4.99 Å². The van der Waals surface area contributed by atoms with E-state index in [9.17, 15) is 0 Å². The number of nitrogens with one attached hydrogen (secondary N) is 1. The Morgan fingerprint density at radius 1 is 1.09 bits per heavy atom. The van der Waals surface area contributed by atoms with Gasteiger partial charge >= 0.3 is 0 Å². The summed E-state index contributed by atoms with van der Waals surface area (Å²) in [6.07, 6.45) is 9.51. The molecule has 0 bridgehead atoms. The summed E-state index contributed by atoms with van der Waals surface area (Å²) < 4.78 is 5.81. The summed E-state index contributed by atoms with van der Waals surface area (Å²) in [6.45, 7) is 6.67. The van der Waals surface area contributed by atoms with Gasteiger partial charge in [-0.1, -0.05) is 6.42 Å². The van der Waals surface area contributed by atoms with E-state index < -0.39 is 0 Å². The molecule has 5 nitrogen and oxygen atoms in total. The van der Waals surface area contributed by atoms with Gasteiger partial charge in [0.05, 0.1) is 6.10 Å². The molecule has 6 heteroatoms. The fraction of sp³-hybridized carbons (Fsp3) is 0.941. The van der Waals surface area contributed by atoms with Gasteiger partial charge < -0.3 is 15.0 Å². The molecule has 3 fully saturated rings. The molecule has 0 saturated carbocycles. The van der Waals surface area contributed by atoms with Gasteiger partial charge in [0.2, 0.25) is 0 Å². The molecule has 0 aliphatic carbocycles. The highest BCUT2D eigenvalue weighted by molar-refractivity contribution is 14.0. The molecular formula is C17H33IN4O. The Balaban J connectivity index is 0.00000192. The lowest BCUT2D eigenvalue weighted by atomic mass is 10.1. The Kier molecular flexibility index (Phi) is 8.40. The molecule has 3 aliphatic heterocycles. The maximum Gasteiger partial charge on any atom is 0.193 e. The number of halogens is 1. The minimum Gasteiger partial charge on any atom is -0.376 e. The van der Waals surface area contributed by atoms with Crippen molar-refractivity contribution in [3.8, 4) is 0 Å². The van der Waals surface area contributed by atoms with E-state index in [0.29, 0.717) is 6.10 Å². The van der Waals surface area contributed by atoms with Crippen molar-refractivity contribution in [3.05, 3.63) is 0 Å². The largest absolute Gasteiger partial charge is 0.376 e. The van der Waals surface area contributed by atoms with Crippen LogP contribution in [-0.4, -0.2) is 74.3 Å². The van der Waals surface area contributed by atoms with E-state index in [1.54, 1.807) is 0 Å². The lowest BCUT2D eigenvalue weighted by Crippen LogP contribution is -2.46. The van der Waals surface area contributed by atoms with Crippen molar-refractivity contribution in [1.29, 1.82) is 0 Å². The van der Waals surface area contributed by atoms with Crippen LogP contribution in [0, 0.1) is 0 Å². The van der Waals surface area contributed by atoms with E-state index in [2.05, 4.69) is 20.1 Å². The van der Waals surface area contributed by atoms with Crippen molar-refractivity contribution in [2.45, 2.75) is 57.1 Å². The van der Waals surface area contributed by atoms with Gasteiger partial charge in [-0.15, -0.1) is 24.0 Å². The number of piperidine rings is 1. The Morgan fingerprint density at radius 2 is 1.91 bits per heavy atom. The topological polar surface area (TPSA) is 40.1 Å². The van der Waals surface area contributed by atoms with Gasteiger partial charge in [-0.2, -0.15) is 0 Å². The Bertz CT molecular complexity index is 368. The molecule has 2 atom stereocenters. The quantitative estimate of drug-likeness (QED) is 0.419. The fourth-order valence-electron chi connectivity index (χ4n) is 4.02. The smallest absolute Gasteiger partial charge is 0.193 e. The fourth-order valence-corrected chi connectivity index (χ4v) is 4.02. The van der Waals surface area contributed by atoms with Crippen LogP contribution in [0.2, 0.25) is 0 Å². The number of nitrogens with zero attached hydrogens (tertiary/aromatic N) is 3. The van der Waals surface area contributed by atoms with Crippen molar-refractivity contribution in [1.82, 2.24) is 15.1 Å². The van der Waals surface area contributed by atoms with E-state index in [1.807, 2.05) is 7.05 Å². The van der Waals surface area contributed by atoms with Crippen molar-refractivity contribution in [2.75, 3.05) is 46.4 Å². The average molecular weight is 436 g/mol. The van der Waals surface area contributed by atoms with Crippen LogP contribution in [0.25, 0.3) is 0 Å². The molecule has 3 heterocycles. The Labute approximate surface area is 158 Å². The second-order valence-electron chi connectivity index (χ2n) is 6.90. The molecule has 134 valence electrons. The highest BCUT2D eigenvalue weighted by atomic mass is 127. The van der Waals surface area contributed by atoms with Gasteiger partial charge in [-0.25, -0.2) is 0 Å². The first-order chi connectivity index (χ1) is 10.9. The molecule has 23 heavy (non-hydrogen) atoms. The minimum atomic E-state index is 0. The Morgan fingerprint density at radius 3 is 2.61 bits per heavy atom. The van der Waals surface area contributed by atoms with Crippen molar-refractivity contribution in [3.63, 3.8) is 0 Å². The third-order valence-corrected chi connectivity index (χ3v) is 5.34. The molecule has 0 spiro atoms. The van der Waals surface area contributed by atoms with E-state index in [1.165, 1.54) is 58.0 Å². The number of rotatable bonds is 3. The molecule has 3 saturated heterocycles. The molecule has 0 aromatic heterocycles. The lowest BCUT2D eigenvalue weighted by molar-refractivity contribution is 0.0191. The lowest BCUT2D eigenvalue weighted by Gasteiger charge is -2.32. The summed E-state index contributed by atoms with van der Waals surface area (Å²) in [4.78, 5) is 9.62. The predicted molar refractivity (Wildman–Crippen MR) is 106 cm³/mol. The SMILES string of the molecule is CN=C(NCC1CCCCO1)N1CCC(N2CCCCC2)C1.I. The predicted octanol–water partition coefficient (Wildman–Crippen LogP) is 2.31. The van der Waals surface area contributed by atoms with Crippen LogP contribution < -0.4 is 5.32 Å². The molecule has 0 aromatic rings. The van der Waals surface area contributed by atoms with Gasteiger partial charge in [-0.05, 0) is 51.6 Å². The summed E-state index contributed by atoms with van der Waals surface area (Å²) in [5, 5.41) is 3.54. The first-order valence-electron chi connectivity index (χ1n) is 9.18. The van der Waals surface area contributed by atoms with Gasteiger partial charge in [0, 0.05) is 39.3 Å². The van der Waals surface area contributed by atoms with Crippen LogP contribution >= 0.6 is 24.0 Å². The van der Waals surface area contributed by atoms with Crippen molar-refractivity contribution in [2.24, 2.45) is 4.99 Å². The zero-order chi connectivity index (χ0) is 15.2. The second kappa shape index (κ2) is 10.0. The summed E-state index contributed by atoms with van der Waals surface area (Å²) in [5.41, 5.74) is 0. The van der Waals surface area contributed by atoms with Crippen molar-refractivity contribution >= 4 is 29.9 Å². The Hall–Kier alpha value is -0.0800. The first kappa shape index (κ1) is 19.2. The van der Waals surface area contributed by atoms with E-state index in [4.69, 9.17) is 4.74 Å². The van der Waals surface area contributed by atoms with E-state index in [0.717, 1.165) is 38.2 Å².